The molecule has 2 heteroatoms. The molecule has 0 aromatic heterocycles. The highest BCUT2D eigenvalue weighted by molar-refractivity contribution is 8.05. The molecule has 1 aliphatic carbocycles. The summed E-state index contributed by atoms with van der Waals surface area (Å²) in [6.07, 6.45) is 3.55. The summed E-state index contributed by atoms with van der Waals surface area (Å²) >= 11 is 0. The van der Waals surface area contributed by atoms with E-state index in [1.54, 1.807) is 5.31 Å². The molecule has 0 aromatic rings. The van der Waals surface area contributed by atoms with Crippen molar-refractivity contribution in [1.29, 1.82) is 0 Å². The van der Waals surface area contributed by atoms with Gasteiger partial charge in [-0.15, -0.1) is 8.93 Å². The fourth-order valence-electron chi connectivity index (χ4n) is 0.169. The second-order valence-corrected chi connectivity index (χ2v) is 2.87. The van der Waals surface area contributed by atoms with E-state index in [0.29, 0.717) is 0 Å². The molecule has 0 saturated carbocycles. The van der Waals surface area contributed by atoms with Crippen molar-refractivity contribution in [2.24, 2.45) is 0 Å². The maximum Gasteiger partial charge on any atom is -0.00890 e. The number of hydrogen-bond acceptors (Lipinski definition) is 0. The quantitative estimate of drug-likeness (QED) is 0.444. The Kier molecular flexibility index (Phi) is 1.03. The number of allylic oxidation sites excluding steroid dienone is 2. The van der Waals surface area contributed by atoms with Crippen LogP contribution in [0.25, 0.3) is 0 Å². The van der Waals surface area contributed by atoms with Gasteiger partial charge >= 0.3 is 0 Å². The van der Waals surface area contributed by atoms with Crippen LogP contribution >= 0.6 is 17.2 Å². The Morgan fingerprint density at radius 1 is 2.00 bits per heavy atom. The standard InChI is InChI=1S/C3H6P2/c4-5-3-1-2-3/h1,5H,2,4H2. The Morgan fingerprint density at radius 2 is 2.60 bits per heavy atom. The minimum atomic E-state index is 1.00. The van der Waals surface area contributed by atoms with Crippen LogP contribution in [0.1, 0.15) is 6.42 Å². The van der Waals surface area contributed by atoms with Gasteiger partial charge in [-0.25, -0.2) is 0 Å². The minimum absolute atomic E-state index is 1.00. The highest BCUT2D eigenvalue weighted by Gasteiger charge is 2.00. The van der Waals surface area contributed by atoms with Crippen molar-refractivity contribution in [3.63, 3.8) is 0 Å². The van der Waals surface area contributed by atoms with Crippen LogP contribution in [0.2, 0.25) is 0 Å². The lowest BCUT2D eigenvalue weighted by Gasteiger charge is -1.68. The molecule has 0 fully saturated rings. The van der Waals surface area contributed by atoms with Gasteiger partial charge in [0.2, 0.25) is 0 Å². The molecule has 0 N–H and O–H groups in total. The molecule has 2 atom stereocenters. The summed E-state index contributed by atoms with van der Waals surface area (Å²) < 4.78 is 0. The van der Waals surface area contributed by atoms with Crippen LogP contribution in [0, 0.1) is 0 Å². The van der Waals surface area contributed by atoms with E-state index in [0.717, 1.165) is 8.27 Å². The zero-order valence-electron chi connectivity index (χ0n) is 2.86. The first-order chi connectivity index (χ1) is 2.43. The van der Waals surface area contributed by atoms with E-state index < -0.39 is 0 Å². The molecule has 0 spiro atoms. The fourth-order valence-corrected chi connectivity index (χ4v) is 1.21. The normalized spacial score (nSPS) is 20.6. The molecule has 0 saturated heterocycles. The van der Waals surface area contributed by atoms with E-state index in [2.05, 4.69) is 15.0 Å². The summed E-state index contributed by atoms with van der Waals surface area (Å²) in [7, 11) is 3.72. The third-order valence-electron chi connectivity index (χ3n) is 0.594. The Hall–Kier alpha value is 0.600. The lowest BCUT2D eigenvalue weighted by Crippen LogP contribution is -1.21. The van der Waals surface area contributed by atoms with E-state index in [1.165, 1.54) is 6.42 Å². The average Bonchev–Trinajstić information content (AvgIpc) is 2.12. The van der Waals surface area contributed by atoms with E-state index in [9.17, 15) is 0 Å². The molecule has 0 nitrogen and oxygen atoms in total. The van der Waals surface area contributed by atoms with Crippen molar-refractivity contribution in [2.75, 3.05) is 0 Å². The molecule has 1 rings (SSSR count). The van der Waals surface area contributed by atoms with Gasteiger partial charge in [0.1, 0.15) is 0 Å². The van der Waals surface area contributed by atoms with Gasteiger partial charge < -0.3 is 0 Å². The van der Waals surface area contributed by atoms with E-state index in [1.807, 2.05) is 0 Å². The lowest BCUT2D eigenvalue weighted by atomic mass is 10.9. The maximum absolute atomic E-state index is 2.72. The van der Waals surface area contributed by atoms with Gasteiger partial charge in [0.05, 0.1) is 0 Å². The zero-order valence-corrected chi connectivity index (χ0v) is 5.02. The summed E-state index contributed by atoms with van der Waals surface area (Å²) in [4.78, 5) is 0. The molecule has 28 valence electrons. The fraction of sp³-hybridized carbons (Fsp3) is 0.333. The number of rotatable bonds is 1. The van der Waals surface area contributed by atoms with Crippen molar-refractivity contribution in [3.8, 4) is 0 Å². The molecule has 1 aliphatic rings. The molecule has 0 heterocycles. The van der Waals surface area contributed by atoms with Gasteiger partial charge in [-0.2, -0.15) is 0 Å². The first-order valence-corrected chi connectivity index (χ1v) is 4.40. The van der Waals surface area contributed by atoms with Crippen LogP contribution in [-0.2, 0) is 0 Å². The Labute approximate surface area is 35.9 Å². The second-order valence-electron chi connectivity index (χ2n) is 1.08. The van der Waals surface area contributed by atoms with E-state index in [-0.39, 0.29) is 0 Å². The van der Waals surface area contributed by atoms with Crippen molar-refractivity contribution in [3.05, 3.63) is 11.4 Å². The van der Waals surface area contributed by atoms with Crippen LogP contribution in [0.3, 0.4) is 0 Å². The maximum atomic E-state index is 2.72. The molecule has 0 amide bonds. The molecule has 0 bridgehead atoms. The first-order valence-electron chi connectivity index (χ1n) is 1.59. The van der Waals surface area contributed by atoms with E-state index in [4.69, 9.17) is 0 Å². The van der Waals surface area contributed by atoms with Crippen LogP contribution < -0.4 is 0 Å². The minimum Gasteiger partial charge on any atom is -0.110 e. The summed E-state index contributed by atoms with van der Waals surface area (Å²) in [5.74, 6) is 0. The molecule has 0 radical (unpaired) electrons. The molecule has 2 unspecified atom stereocenters. The van der Waals surface area contributed by atoms with Gasteiger partial charge in [-0.3, -0.25) is 0 Å². The molecular weight excluding hydrogens is 98.0 g/mol. The second kappa shape index (κ2) is 1.37. The smallest absolute Gasteiger partial charge is 0.00890 e. The van der Waals surface area contributed by atoms with Crippen LogP contribution in [0.4, 0.5) is 0 Å². The monoisotopic (exact) mass is 104 g/mol. The molecular formula is C3H6P2. The van der Waals surface area contributed by atoms with Crippen molar-refractivity contribution < 1.29 is 0 Å². The third-order valence-corrected chi connectivity index (χ3v) is 2.49. The van der Waals surface area contributed by atoms with Gasteiger partial charge in [-0.05, 0) is 11.7 Å². The Balaban J connectivity index is 2.22. The highest BCUT2D eigenvalue weighted by atomic mass is 32.0. The van der Waals surface area contributed by atoms with Gasteiger partial charge in [0, 0.05) is 0 Å². The highest BCUT2D eigenvalue weighted by Crippen LogP contribution is 2.42. The van der Waals surface area contributed by atoms with Gasteiger partial charge in [0.15, 0.2) is 0 Å². The SMILES string of the molecule is PPC1=CC1. The van der Waals surface area contributed by atoms with Gasteiger partial charge in [-0.1, -0.05) is 14.3 Å². The lowest BCUT2D eigenvalue weighted by molar-refractivity contribution is 1.68. The van der Waals surface area contributed by atoms with Crippen LogP contribution in [0.15, 0.2) is 11.4 Å². The van der Waals surface area contributed by atoms with Crippen molar-refractivity contribution >= 4 is 17.2 Å². The summed E-state index contributed by atoms with van der Waals surface area (Å²) in [5.41, 5.74) is 0. The van der Waals surface area contributed by atoms with E-state index >= 15 is 0 Å². The Morgan fingerprint density at radius 3 is 2.60 bits per heavy atom. The zero-order chi connectivity index (χ0) is 3.70. The van der Waals surface area contributed by atoms with Gasteiger partial charge in [0.25, 0.3) is 0 Å². The third kappa shape index (κ3) is 0.992. The molecule has 5 heavy (non-hydrogen) atoms. The summed E-state index contributed by atoms with van der Waals surface area (Å²) in [6, 6.07) is 0. The predicted molar refractivity (Wildman–Crippen MR) is 30.7 cm³/mol. The molecule has 0 aromatic carbocycles. The average molecular weight is 104 g/mol. The van der Waals surface area contributed by atoms with Crippen molar-refractivity contribution in [2.45, 2.75) is 6.42 Å². The summed E-state index contributed by atoms with van der Waals surface area (Å²) in [5, 5.41) is 1.62. The Bertz CT molecular complexity index is 65.3. The van der Waals surface area contributed by atoms with Crippen molar-refractivity contribution in [1.82, 2.24) is 0 Å². The topological polar surface area (TPSA) is 0 Å². The largest absolute Gasteiger partial charge is 0.110 e. The summed E-state index contributed by atoms with van der Waals surface area (Å²) in [6.45, 7) is 0. The predicted octanol–water partition coefficient (Wildman–Crippen LogP) is 1.74. The van der Waals surface area contributed by atoms with Crippen LogP contribution in [0.5, 0.6) is 0 Å². The van der Waals surface area contributed by atoms with Crippen LogP contribution in [-0.4, -0.2) is 0 Å². The molecule has 0 aliphatic heterocycles. The number of hydrogen-bond donors (Lipinski definition) is 0. The first kappa shape index (κ1) is 3.78.